The van der Waals surface area contributed by atoms with Gasteiger partial charge in [0.15, 0.2) is 5.76 Å². The van der Waals surface area contributed by atoms with Crippen LogP contribution in [0.15, 0.2) is 63.8 Å². The molecule has 1 aliphatic heterocycles. The third-order valence-corrected chi connectivity index (χ3v) is 8.65. The minimum absolute atomic E-state index is 0.0399. The monoisotopic (exact) mass is 621 g/mol. The van der Waals surface area contributed by atoms with Gasteiger partial charge in [0.1, 0.15) is 0 Å². The molecule has 3 heterocycles. The molecule has 1 aliphatic rings. The molecular weight excluding hydrogens is 582 g/mol. The number of hydrogen-bond acceptors (Lipinski definition) is 9. The van der Waals surface area contributed by atoms with E-state index in [4.69, 9.17) is 14.3 Å². The fraction of sp³-hybridized carbons (Fsp3) is 0.406. The molecule has 1 fully saturated rings. The second-order valence-corrected chi connectivity index (χ2v) is 13.1. The van der Waals surface area contributed by atoms with Crippen molar-refractivity contribution in [3.8, 4) is 11.8 Å². The fourth-order valence-corrected chi connectivity index (χ4v) is 5.88. The van der Waals surface area contributed by atoms with E-state index >= 15 is 0 Å². The van der Waals surface area contributed by atoms with Gasteiger partial charge in [0.2, 0.25) is 0 Å². The lowest BCUT2D eigenvalue weighted by molar-refractivity contribution is 0.0577. The van der Waals surface area contributed by atoms with Crippen LogP contribution in [0.3, 0.4) is 0 Å². The summed E-state index contributed by atoms with van der Waals surface area (Å²) in [4.78, 5) is 34.1. The first-order valence-corrected chi connectivity index (χ1v) is 16.6. The number of benzene rings is 1. The number of pyridine rings is 1. The highest BCUT2D eigenvalue weighted by Crippen LogP contribution is 2.15. The zero-order chi connectivity index (χ0) is 31.4. The van der Waals surface area contributed by atoms with Gasteiger partial charge in [0.05, 0.1) is 41.4 Å². The first-order chi connectivity index (χ1) is 21.2. The molecule has 1 atom stereocenters. The van der Waals surface area contributed by atoms with Gasteiger partial charge in [-0.2, -0.15) is 4.36 Å². The number of aryl methyl sites for hydroxylation is 1. The molecule has 0 radical (unpaired) electrons. The molecule has 0 aliphatic carbocycles. The summed E-state index contributed by atoms with van der Waals surface area (Å²) in [5.41, 5.74) is 2.70. The first kappa shape index (κ1) is 33.0. The van der Waals surface area contributed by atoms with Crippen molar-refractivity contribution < 1.29 is 28.1 Å². The maximum absolute atomic E-state index is 13.1. The van der Waals surface area contributed by atoms with Gasteiger partial charge in [-0.3, -0.25) is 19.5 Å². The number of aromatic nitrogens is 1. The van der Waals surface area contributed by atoms with Gasteiger partial charge in [-0.1, -0.05) is 17.9 Å². The number of aliphatic hydroxyl groups is 1. The molecule has 2 N–H and O–H groups in total. The van der Waals surface area contributed by atoms with E-state index in [0.29, 0.717) is 42.2 Å². The molecule has 0 saturated carbocycles. The molecular formula is C32H39N5O6S. The minimum Gasteiger partial charge on any atom is -0.459 e. The smallest absolute Gasteiger partial charge is 0.291 e. The van der Waals surface area contributed by atoms with E-state index in [2.05, 4.69) is 36.3 Å². The highest BCUT2D eigenvalue weighted by Gasteiger charge is 2.17. The number of anilines is 1. The van der Waals surface area contributed by atoms with E-state index in [1.165, 1.54) is 18.7 Å². The summed E-state index contributed by atoms with van der Waals surface area (Å²) in [6.45, 7) is 8.17. The van der Waals surface area contributed by atoms with Gasteiger partial charge in [0.25, 0.3) is 11.8 Å². The summed E-state index contributed by atoms with van der Waals surface area (Å²) in [5.74, 6) is 5.67. The maximum Gasteiger partial charge on any atom is 0.291 e. The molecule has 11 nitrogen and oxygen atoms in total. The zero-order valence-corrected chi connectivity index (χ0v) is 26.0. The lowest BCUT2D eigenvalue weighted by Crippen LogP contribution is -2.47. The van der Waals surface area contributed by atoms with Crippen LogP contribution in [0, 0.1) is 18.8 Å². The van der Waals surface area contributed by atoms with Crippen molar-refractivity contribution in [3.05, 3.63) is 83.1 Å². The van der Waals surface area contributed by atoms with Gasteiger partial charge in [0, 0.05) is 79.5 Å². The van der Waals surface area contributed by atoms with Crippen molar-refractivity contribution in [3.63, 3.8) is 0 Å². The Bertz CT molecular complexity index is 1610. The van der Waals surface area contributed by atoms with Crippen molar-refractivity contribution in [1.29, 1.82) is 0 Å². The van der Waals surface area contributed by atoms with Crippen LogP contribution in [0.2, 0.25) is 0 Å². The van der Waals surface area contributed by atoms with E-state index in [-0.39, 0.29) is 23.8 Å². The molecule has 1 aromatic carbocycles. The van der Waals surface area contributed by atoms with Crippen LogP contribution in [0.5, 0.6) is 0 Å². The predicted octanol–water partition coefficient (Wildman–Crippen LogP) is 2.89. The number of carbonyl (C=O) groups excluding carboxylic acids is 2. The quantitative estimate of drug-likeness (QED) is 0.231. The Hall–Kier alpha value is -3.86. The zero-order valence-electron chi connectivity index (χ0n) is 25.2. The Kier molecular flexibility index (Phi) is 12.2. The molecule has 4 rings (SSSR count). The molecule has 234 valence electrons. The number of ether oxygens (including phenoxy) is 1. The molecule has 44 heavy (non-hydrogen) atoms. The topological polar surface area (TPSA) is 138 Å². The second kappa shape index (κ2) is 16.3. The molecule has 1 unspecified atom stereocenters. The Morgan fingerprint density at radius 1 is 1.07 bits per heavy atom. The van der Waals surface area contributed by atoms with Crippen LogP contribution >= 0.6 is 0 Å². The average Bonchev–Trinajstić information content (AvgIpc) is 3.45. The summed E-state index contributed by atoms with van der Waals surface area (Å²) < 4.78 is 27.7. The van der Waals surface area contributed by atoms with Crippen LogP contribution in [0.25, 0.3) is 0 Å². The minimum atomic E-state index is -2.71. The van der Waals surface area contributed by atoms with Crippen LogP contribution in [0.1, 0.15) is 44.0 Å². The number of rotatable bonds is 12. The van der Waals surface area contributed by atoms with Gasteiger partial charge in [-0.25, -0.2) is 4.21 Å². The van der Waals surface area contributed by atoms with Crippen LogP contribution in [0.4, 0.5) is 5.69 Å². The number of nitrogens with one attached hydrogen (secondary N) is 1. The molecule has 12 heteroatoms. The van der Waals surface area contributed by atoms with Crippen LogP contribution in [-0.2, 0) is 14.5 Å². The second-order valence-electron chi connectivity index (χ2n) is 10.6. The van der Waals surface area contributed by atoms with E-state index in [0.717, 1.165) is 44.8 Å². The van der Waals surface area contributed by atoms with Crippen LogP contribution in [-0.4, -0.2) is 107 Å². The van der Waals surface area contributed by atoms with Crippen LogP contribution < -0.4 is 5.32 Å². The Balaban J connectivity index is 1.28. The summed E-state index contributed by atoms with van der Waals surface area (Å²) in [5, 5.41) is 11.6. The lowest BCUT2D eigenvalue weighted by atomic mass is 10.1. The Labute approximate surface area is 258 Å². The van der Waals surface area contributed by atoms with Crippen molar-refractivity contribution >= 4 is 27.2 Å². The maximum atomic E-state index is 13.1. The number of hydrogen-bond donors (Lipinski definition) is 2. The lowest BCUT2D eigenvalue weighted by Gasteiger charge is -2.34. The van der Waals surface area contributed by atoms with Crippen molar-refractivity contribution in [2.75, 3.05) is 76.4 Å². The summed E-state index contributed by atoms with van der Waals surface area (Å²) in [6.07, 6.45) is 6.60. The fourth-order valence-electron chi connectivity index (χ4n) is 4.66. The summed E-state index contributed by atoms with van der Waals surface area (Å²) >= 11 is 0. The molecule has 0 bridgehead atoms. The molecule has 2 aromatic heterocycles. The van der Waals surface area contributed by atoms with E-state index in [9.17, 15) is 13.8 Å². The summed E-state index contributed by atoms with van der Waals surface area (Å²) in [7, 11) is -2.71. The van der Waals surface area contributed by atoms with Gasteiger partial charge < -0.3 is 24.5 Å². The number of nitrogens with zero attached hydrogens (tertiary/aromatic N) is 4. The number of furan rings is 1. The van der Waals surface area contributed by atoms with Crippen molar-refractivity contribution in [2.24, 2.45) is 4.36 Å². The largest absolute Gasteiger partial charge is 0.459 e. The standard InChI is InChI=1S/C32H39N5O6S/c1-25-9-17-43-30(25)32(40)34-29-6-3-5-26(22-29)7-8-27-21-28(24-33-23-27)31(39)35-44(2,41)20-4-10-36-11-13-37(14-12-36)15-18-42-19-16-38/h3,5-6,9,17,21-24,38H,4,10-16,18-20H2,1-2H3,(H,34,40). The first-order valence-electron chi connectivity index (χ1n) is 14.5. The van der Waals surface area contributed by atoms with Gasteiger partial charge in [-0.05, 0) is 50.2 Å². The molecule has 1 saturated heterocycles. The predicted molar refractivity (Wildman–Crippen MR) is 169 cm³/mol. The third kappa shape index (κ3) is 10.4. The van der Waals surface area contributed by atoms with Gasteiger partial charge >= 0.3 is 0 Å². The Morgan fingerprint density at radius 2 is 1.82 bits per heavy atom. The van der Waals surface area contributed by atoms with Crippen molar-refractivity contribution in [2.45, 2.75) is 13.3 Å². The number of carbonyl (C=O) groups is 2. The Morgan fingerprint density at radius 3 is 2.55 bits per heavy atom. The normalized spacial score (nSPS) is 15.2. The highest BCUT2D eigenvalue weighted by molar-refractivity contribution is 7.93. The third-order valence-electron chi connectivity index (χ3n) is 7.05. The number of piperazine rings is 1. The van der Waals surface area contributed by atoms with E-state index in [1.54, 1.807) is 49.5 Å². The van der Waals surface area contributed by atoms with Crippen molar-refractivity contribution in [1.82, 2.24) is 14.8 Å². The highest BCUT2D eigenvalue weighted by atomic mass is 32.2. The number of amides is 2. The molecule has 3 aromatic rings. The van der Waals surface area contributed by atoms with E-state index in [1.807, 2.05) is 0 Å². The van der Waals surface area contributed by atoms with Gasteiger partial charge in [-0.15, -0.1) is 0 Å². The summed E-state index contributed by atoms with van der Waals surface area (Å²) in [6, 6.07) is 10.4. The average molecular weight is 622 g/mol. The van der Waals surface area contributed by atoms with E-state index < -0.39 is 15.6 Å². The molecule has 0 spiro atoms. The number of aliphatic hydroxyl groups excluding tert-OH is 1. The SMILES string of the molecule is Cc1ccoc1C(=O)Nc1cccc(C#Cc2cncc(C(=O)N=S(C)(=O)CCCN3CCN(CCOCCO)CC3)c2)c1. The molecule has 2 amide bonds.